The van der Waals surface area contributed by atoms with Gasteiger partial charge in [-0.3, -0.25) is 4.79 Å². The third-order valence-electron chi connectivity index (χ3n) is 6.05. The summed E-state index contributed by atoms with van der Waals surface area (Å²) >= 11 is 1.73. The lowest BCUT2D eigenvalue weighted by atomic mass is 10.0. The van der Waals surface area contributed by atoms with E-state index in [0.29, 0.717) is 61.6 Å². The van der Waals surface area contributed by atoms with Crippen molar-refractivity contribution >= 4 is 32.6 Å². The molecule has 0 spiro atoms. The van der Waals surface area contributed by atoms with Crippen LogP contribution >= 0.6 is 11.3 Å². The maximum absolute atomic E-state index is 13.4. The highest BCUT2D eigenvalue weighted by atomic mass is 32.1. The minimum Gasteiger partial charge on any atom is -0.490 e. The van der Waals surface area contributed by atoms with Crippen molar-refractivity contribution in [1.82, 2.24) is 9.88 Å². The smallest absolute Gasteiger partial charge is 0.254 e. The molecule has 0 aliphatic carbocycles. The molecule has 188 valence electrons. The van der Waals surface area contributed by atoms with E-state index in [1.54, 1.807) is 23.5 Å². The second kappa shape index (κ2) is 11.2. The van der Waals surface area contributed by atoms with Gasteiger partial charge in [0.15, 0.2) is 16.6 Å². The molecule has 4 rings (SSSR count). The first-order valence-corrected chi connectivity index (χ1v) is 13.3. The van der Waals surface area contributed by atoms with E-state index in [0.717, 1.165) is 23.7 Å². The van der Waals surface area contributed by atoms with Crippen LogP contribution in [-0.2, 0) is 0 Å². The molecule has 1 aromatic heterocycles. The molecular weight excluding hydrogens is 462 g/mol. The number of ether oxygens (including phenoxy) is 3. The van der Waals surface area contributed by atoms with Gasteiger partial charge in [-0.1, -0.05) is 37.3 Å². The van der Waals surface area contributed by atoms with Crippen molar-refractivity contribution in [3.8, 4) is 17.2 Å². The molecule has 0 N–H and O–H groups in total. The molecule has 0 unspecified atom stereocenters. The minimum atomic E-state index is -0.0269. The van der Waals surface area contributed by atoms with E-state index in [1.165, 1.54) is 10.3 Å². The quantitative estimate of drug-likeness (QED) is 0.385. The van der Waals surface area contributed by atoms with Crippen LogP contribution in [-0.4, -0.2) is 61.8 Å². The molecule has 7 nitrogen and oxygen atoms in total. The van der Waals surface area contributed by atoms with Crippen molar-refractivity contribution in [3.05, 3.63) is 41.5 Å². The van der Waals surface area contributed by atoms with Gasteiger partial charge in [0.25, 0.3) is 5.91 Å². The number of para-hydroxylation sites is 1. The number of thiazole rings is 1. The van der Waals surface area contributed by atoms with Gasteiger partial charge in [0.2, 0.25) is 5.75 Å². The van der Waals surface area contributed by atoms with E-state index in [4.69, 9.17) is 19.2 Å². The summed E-state index contributed by atoms with van der Waals surface area (Å²) in [4.78, 5) is 22.6. The fourth-order valence-electron chi connectivity index (χ4n) is 4.35. The number of carbonyl (C=O) groups is 1. The molecule has 1 amide bonds. The lowest BCUT2D eigenvalue weighted by molar-refractivity contribution is 0.0745. The number of fused-ring (bicyclic) bond motifs is 1. The second-order valence-corrected chi connectivity index (χ2v) is 9.73. The Hall–Kier alpha value is -3.00. The Kier molecular flexibility index (Phi) is 8.00. The number of amides is 1. The minimum absolute atomic E-state index is 0.0269. The van der Waals surface area contributed by atoms with Crippen LogP contribution < -0.4 is 19.1 Å². The number of hydrogen-bond acceptors (Lipinski definition) is 7. The molecule has 0 bridgehead atoms. The molecule has 1 aliphatic heterocycles. The largest absolute Gasteiger partial charge is 0.490 e. The molecule has 35 heavy (non-hydrogen) atoms. The van der Waals surface area contributed by atoms with Crippen LogP contribution in [0.4, 0.5) is 5.13 Å². The van der Waals surface area contributed by atoms with Crippen molar-refractivity contribution in [1.29, 1.82) is 0 Å². The average Bonchev–Trinajstić information content (AvgIpc) is 3.30. The van der Waals surface area contributed by atoms with Crippen LogP contribution in [0.2, 0.25) is 0 Å². The molecule has 2 aromatic carbocycles. The molecule has 0 saturated carbocycles. The lowest BCUT2D eigenvalue weighted by Gasteiger charge is -2.34. The van der Waals surface area contributed by atoms with Crippen LogP contribution in [0.15, 0.2) is 30.3 Å². The van der Waals surface area contributed by atoms with Gasteiger partial charge in [0.1, 0.15) is 0 Å². The molecule has 3 aromatic rings. The number of rotatable bonds is 9. The van der Waals surface area contributed by atoms with Crippen LogP contribution in [0.5, 0.6) is 17.2 Å². The zero-order chi connectivity index (χ0) is 24.9. The Bertz CT molecular complexity index is 1140. The van der Waals surface area contributed by atoms with E-state index >= 15 is 0 Å². The summed E-state index contributed by atoms with van der Waals surface area (Å²) in [5.41, 5.74) is 2.93. The van der Waals surface area contributed by atoms with Gasteiger partial charge in [0.05, 0.1) is 30.0 Å². The van der Waals surface area contributed by atoms with Crippen LogP contribution in [0.1, 0.15) is 56.5 Å². The zero-order valence-electron chi connectivity index (χ0n) is 21.3. The number of carbonyl (C=O) groups excluding carboxylic acids is 1. The number of nitrogens with zero attached hydrogens (tertiary/aromatic N) is 3. The Morgan fingerprint density at radius 2 is 1.60 bits per heavy atom. The Morgan fingerprint density at radius 3 is 2.17 bits per heavy atom. The summed E-state index contributed by atoms with van der Waals surface area (Å²) in [5.74, 6) is 2.03. The van der Waals surface area contributed by atoms with Gasteiger partial charge in [-0.05, 0) is 50.5 Å². The van der Waals surface area contributed by atoms with Gasteiger partial charge < -0.3 is 24.0 Å². The fourth-order valence-corrected chi connectivity index (χ4v) is 5.41. The van der Waals surface area contributed by atoms with Gasteiger partial charge in [-0.15, -0.1) is 0 Å². The number of hydrogen-bond donors (Lipinski definition) is 0. The van der Waals surface area contributed by atoms with Crippen LogP contribution in [0.25, 0.3) is 10.2 Å². The number of aromatic nitrogens is 1. The fraction of sp³-hybridized carbons (Fsp3) is 0.481. The number of anilines is 1. The molecule has 8 heteroatoms. The molecule has 1 aliphatic rings. The molecule has 1 saturated heterocycles. The standard InChI is InChI=1S/C27H35N3O4S/c1-6-32-21-16-19(17-22(33-7-2)25(21)34-8-3)26(31)29-12-14-30(15-13-29)27-28-24-20(18(4)5)10-9-11-23(24)35-27/h9-11,16-18H,6-8,12-15H2,1-5H3. The first-order valence-electron chi connectivity index (χ1n) is 12.5. The molecule has 0 atom stereocenters. The van der Waals surface area contributed by atoms with E-state index in [1.807, 2.05) is 25.7 Å². The summed E-state index contributed by atoms with van der Waals surface area (Å²) in [6.07, 6.45) is 0. The monoisotopic (exact) mass is 497 g/mol. The van der Waals surface area contributed by atoms with Crippen molar-refractivity contribution in [2.75, 3.05) is 50.9 Å². The predicted octanol–water partition coefficient (Wildman–Crippen LogP) is 5.58. The molecule has 0 radical (unpaired) electrons. The Morgan fingerprint density at radius 1 is 0.971 bits per heavy atom. The Balaban J connectivity index is 1.51. The van der Waals surface area contributed by atoms with Crippen molar-refractivity contribution < 1.29 is 19.0 Å². The summed E-state index contributed by atoms with van der Waals surface area (Å²) in [5, 5.41) is 1.03. The normalized spacial score (nSPS) is 14.0. The van der Waals surface area contributed by atoms with E-state index in [9.17, 15) is 4.79 Å². The number of piperazine rings is 1. The third-order valence-corrected chi connectivity index (χ3v) is 7.14. The van der Waals surface area contributed by atoms with E-state index < -0.39 is 0 Å². The molecule has 1 fully saturated rings. The van der Waals surface area contributed by atoms with Crippen LogP contribution in [0, 0.1) is 0 Å². The summed E-state index contributed by atoms with van der Waals surface area (Å²) < 4.78 is 18.6. The maximum atomic E-state index is 13.4. The first-order chi connectivity index (χ1) is 17.0. The van der Waals surface area contributed by atoms with Gasteiger partial charge >= 0.3 is 0 Å². The van der Waals surface area contributed by atoms with Crippen molar-refractivity contribution in [2.24, 2.45) is 0 Å². The highest BCUT2D eigenvalue weighted by Gasteiger charge is 2.26. The lowest BCUT2D eigenvalue weighted by Crippen LogP contribution is -2.48. The summed E-state index contributed by atoms with van der Waals surface area (Å²) in [6.45, 7) is 14.3. The van der Waals surface area contributed by atoms with Gasteiger partial charge in [-0.2, -0.15) is 0 Å². The summed E-state index contributed by atoms with van der Waals surface area (Å²) in [6, 6.07) is 9.95. The SMILES string of the molecule is CCOc1cc(C(=O)N2CCN(c3nc4c(C(C)C)cccc4s3)CC2)cc(OCC)c1OCC. The highest BCUT2D eigenvalue weighted by Crippen LogP contribution is 2.40. The van der Waals surface area contributed by atoms with Gasteiger partial charge in [0, 0.05) is 31.7 Å². The molecular formula is C27H35N3O4S. The van der Waals surface area contributed by atoms with Crippen molar-refractivity contribution in [2.45, 2.75) is 40.5 Å². The zero-order valence-corrected chi connectivity index (χ0v) is 22.1. The molecule has 2 heterocycles. The van der Waals surface area contributed by atoms with Gasteiger partial charge in [-0.25, -0.2) is 4.98 Å². The van der Waals surface area contributed by atoms with Crippen LogP contribution in [0.3, 0.4) is 0 Å². The Labute approximate surface area is 211 Å². The second-order valence-electron chi connectivity index (χ2n) is 8.73. The predicted molar refractivity (Wildman–Crippen MR) is 142 cm³/mol. The summed E-state index contributed by atoms with van der Waals surface area (Å²) in [7, 11) is 0. The topological polar surface area (TPSA) is 64.1 Å². The highest BCUT2D eigenvalue weighted by molar-refractivity contribution is 7.22. The first kappa shape index (κ1) is 25.1. The third kappa shape index (κ3) is 5.32. The average molecular weight is 498 g/mol. The van der Waals surface area contributed by atoms with E-state index in [2.05, 4.69) is 36.9 Å². The maximum Gasteiger partial charge on any atom is 0.254 e. The van der Waals surface area contributed by atoms with Crippen molar-refractivity contribution in [3.63, 3.8) is 0 Å². The number of benzene rings is 2. The van der Waals surface area contributed by atoms with E-state index in [-0.39, 0.29) is 5.91 Å².